The second kappa shape index (κ2) is 11.2. The Hall–Kier alpha value is -3.33. The smallest absolute Gasteiger partial charge is 0.332 e. The summed E-state index contributed by atoms with van der Waals surface area (Å²) in [7, 11) is 0. The molecule has 1 N–H and O–H groups in total. The zero-order valence-electron chi connectivity index (χ0n) is 18.9. The molecular formula is C25H26F3N3O2S. The highest BCUT2D eigenvalue weighted by Gasteiger charge is 2.30. The van der Waals surface area contributed by atoms with E-state index in [1.807, 2.05) is 47.8 Å². The van der Waals surface area contributed by atoms with Crippen LogP contribution in [-0.2, 0) is 24.1 Å². The fraction of sp³-hybridized carbons (Fsp3) is 0.280. The summed E-state index contributed by atoms with van der Waals surface area (Å²) >= 11 is 1.55. The van der Waals surface area contributed by atoms with Crippen LogP contribution < -0.4 is 5.32 Å². The van der Waals surface area contributed by atoms with Crippen molar-refractivity contribution >= 4 is 29.0 Å². The number of hydrogen-bond donors (Lipinski definition) is 1. The molecule has 0 saturated carbocycles. The highest BCUT2D eigenvalue weighted by Crippen LogP contribution is 2.30. The molecule has 5 nitrogen and oxygen atoms in total. The minimum atomic E-state index is -4.45. The zero-order valence-corrected chi connectivity index (χ0v) is 19.7. The van der Waals surface area contributed by atoms with Gasteiger partial charge in [-0.15, -0.1) is 11.3 Å². The molecule has 34 heavy (non-hydrogen) atoms. The van der Waals surface area contributed by atoms with E-state index in [1.165, 1.54) is 17.0 Å². The normalized spacial score (nSPS) is 11.4. The zero-order chi connectivity index (χ0) is 24.7. The van der Waals surface area contributed by atoms with E-state index in [9.17, 15) is 22.8 Å². The summed E-state index contributed by atoms with van der Waals surface area (Å²) in [6.07, 6.45) is -4.45. The van der Waals surface area contributed by atoms with E-state index in [0.717, 1.165) is 22.6 Å². The van der Waals surface area contributed by atoms with Crippen LogP contribution in [0, 0.1) is 0 Å². The van der Waals surface area contributed by atoms with Gasteiger partial charge < -0.3 is 15.1 Å². The van der Waals surface area contributed by atoms with Crippen molar-refractivity contribution in [3.8, 4) is 0 Å². The molecule has 0 atom stereocenters. The van der Waals surface area contributed by atoms with Crippen LogP contribution in [0.4, 0.5) is 23.7 Å². The number of hydrogen-bond acceptors (Lipinski definition) is 3. The number of benzene rings is 2. The molecule has 0 aliphatic rings. The van der Waals surface area contributed by atoms with Gasteiger partial charge in [0.05, 0.1) is 12.1 Å². The molecular weight excluding hydrogens is 463 g/mol. The molecule has 0 aliphatic carbocycles. The first-order valence-corrected chi connectivity index (χ1v) is 11.6. The summed E-state index contributed by atoms with van der Waals surface area (Å²) in [6.45, 7) is 4.20. The van der Waals surface area contributed by atoms with E-state index < -0.39 is 17.8 Å². The molecule has 0 fully saturated rings. The number of anilines is 1. The third kappa shape index (κ3) is 7.08. The van der Waals surface area contributed by atoms with Gasteiger partial charge >= 0.3 is 12.2 Å². The lowest BCUT2D eigenvalue weighted by molar-refractivity contribution is -0.137. The first-order valence-electron chi connectivity index (χ1n) is 10.7. The lowest BCUT2D eigenvalue weighted by atomic mass is 10.2. The third-order valence-corrected chi connectivity index (χ3v) is 6.01. The fourth-order valence-corrected chi connectivity index (χ4v) is 4.02. The van der Waals surface area contributed by atoms with E-state index >= 15 is 0 Å². The molecule has 1 aromatic heterocycles. The standard InChI is InChI=1S/C25H26F3N3O2S/c1-18(2)31(24(33)29-21-12-10-20(11-13-21)25(26,27)28)17-23(32)30(16-22-9-6-14-34-22)15-19-7-4-3-5-8-19/h3-14,18H,15-17H2,1-2H3,(H,29,33). The summed E-state index contributed by atoms with van der Waals surface area (Å²) in [5, 5.41) is 4.54. The van der Waals surface area contributed by atoms with Crippen LogP contribution in [0.5, 0.6) is 0 Å². The van der Waals surface area contributed by atoms with Gasteiger partial charge in [0, 0.05) is 23.2 Å². The predicted molar refractivity (Wildman–Crippen MR) is 127 cm³/mol. The Bertz CT molecular complexity index is 1070. The topological polar surface area (TPSA) is 52.7 Å². The van der Waals surface area contributed by atoms with Crippen LogP contribution in [0.2, 0.25) is 0 Å². The van der Waals surface area contributed by atoms with Crippen LogP contribution in [0.3, 0.4) is 0 Å². The Balaban J connectivity index is 1.72. The van der Waals surface area contributed by atoms with Crippen molar-refractivity contribution in [2.45, 2.75) is 39.2 Å². The largest absolute Gasteiger partial charge is 0.416 e. The number of nitrogens with one attached hydrogen (secondary N) is 1. The summed E-state index contributed by atoms with van der Waals surface area (Å²) < 4.78 is 38.4. The Labute approximate surface area is 200 Å². The number of amides is 3. The van der Waals surface area contributed by atoms with Crippen LogP contribution >= 0.6 is 11.3 Å². The molecule has 3 aromatic rings. The quantitative estimate of drug-likeness (QED) is 0.407. The SMILES string of the molecule is CC(C)N(CC(=O)N(Cc1ccccc1)Cc1cccs1)C(=O)Nc1ccc(C(F)(F)F)cc1. The molecule has 0 unspecified atom stereocenters. The maximum atomic E-state index is 13.3. The van der Waals surface area contributed by atoms with Gasteiger partial charge in [-0.3, -0.25) is 4.79 Å². The number of rotatable bonds is 8. The Morgan fingerprint density at radius 3 is 2.18 bits per heavy atom. The molecule has 9 heteroatoms. The lowest BCUT2D eigenvalue weighted by Crippen LogP contribution is -2.47. The number of thiophene rings is 1. The monoisotopic (exact) mass is 489 g/mol. The second-order valence-electron chi connectivity index (χ2n) is 8.04. The summed E-state index contributed by atoms with van der Waals surface area (Å²) in [5.41, 5.74) is 0.389. The average Bonchev–Trinajstić information content (AvgIpc) is 3.30. The number of urea groups is 1. The predicted octanol–water partition coefficient (Wildman–Crippen LogP) is 6.24. The lowest BCUT2D eigenvalue weighted by Gasteiger charge is -2.30. The molecule has 0 aliphatic heterocycles. The molecule has 2 aromatic carbocycles. The Kier molecular flexibility index (Phi) is 8.33. The van der Waals surface area contributed by atoms with Crippen molar-refractivity contribution in [2.24, 2.45) is 0 Å². The van der Waals surface area contributed by atoms with Crippen molar-refractivity contribution in [1.29, 1.82) is 0 Å². The third-order valence-electron chi connectivity index (χ3n) is 5.15. The van der Waals surface area contributed by atoms with Gasteiger partial charge in [-0.2, -0.15) is 13.2 Å². The second-order valence-corrected chi connectivity index (χ2v) is 9.07. The van der Waals surface area contributed by atoms with Crippen molar-refractivity contribution in [3.05, 3.63) is 88.1 Å². The first-order chi connectivity index (χ1) is 16.1. The molecule has 1 heterocycles. The molecule has 0 saturated heterocycles. The molecule has 0 spiro atoms. The van der Waals surface area contributed by atoms with Crippen molar-refractivity contribution in [3.63, 3.8) is 0 Å². The van der Waals surface area contributed by atoms with E-state index in [1.54, 1.807) is 30.1 Å². The first kappa shape index (κ1) is 25.3. The van der Waals surface area contributed by atoms with Crippen LogP contribution in [-0.4, -0.2) is 34.3 Å². The van der Waals surface area contributed by atoms with Crippen molar-refractivity contribution in [1.82, 2.24) is 9.80 Å². The van der Waals surface area contributed by atoms with Gasteiger partial charge in [-0.05, 0) is 55.1 Å². The molecule has 180 valence electrons. The maximum absolute atomic E-state index is 13.3. The Morgan fingerprint density at radius 2 is 1.62 bits per heavy atom. The van der Waals surface area contributed by atoms with E-state index in [0.29, 0.717) is 13.1 Å². The van der Waals surface area contributed by atoms with E-state index in [4.69, 9.17) is 0 Å². The Morgan fingerprint density at radius 1 is 0.941 bits per heavy atom. The molecule has 0 bridgehead atoms. The van der Waals surface area contributed by atoms with Crippen molar-refractivity contribution < 1.29 is 22.8 Å². The number of alkyl halides is 3. The van der Waals surface area contributed by atoms with E-state index in [2.05, 4.69) is 5.32 Å². The summed E-state index contributed by atoms with van der Waals surface area (Å²) in [5.74, 6) is -0.228. The van der Waals surface area contributed by atoms with Crippen LogP contribution in [0.1, 0.15) is 29.9 Å². The van der Waals surface area contributed by atoms with Crippen LogP contribution in [0.25, 0.3) is 0 Å². The maximum Gasteiger partial charge on any atom is 0.416 e. The fourth-order valence-electron chi connectivity index (χ4n) is 3.30. The van der Waals surface area contributed by atoms with Crippen LogP contribution in [0.15, 0.2) is 72.1 Å². The minimum absolute atomic E-state index is 0.164. The van der Waals surface area contributed by atoms with Gasteiger partial charge in [0.15, 0.2) is 0 Å². The molecule has 0 radical (unpaired) electrons. The number of nitrogens with zero attached hydrogens (tertiary/aromatic N) is 2. The average molecular weight is 490 g/mol. The summed E-state index contributed by atoms with van der Waals surface area (Å²) in [6, 6.07) is 16.8. The van der Waals surface area contributed by atoms with Gasteiger partial charge in [-0.25, -0.2) is 4.79 Å². The molecule has 3 amide bonds. The van der Waals surface area contributed by atoms with Gasteiger partial charge in [0.25, 0.3) is 0 Å². The summed E-state index contributed by atoms with van der Waals surface area (Å²) in [4.78, 5) is 30.3. The number of carbonyl (C=O) groups excluding carboxylic acids is 2. The van der Waals surface area contributed by atoms with Gasteiger partial charge in [-0.1, -0.05) is 36.4 Å². The number of halogens is 3. The number of carbonyl (C=O) groups is 2. The highest BCUT2D eigenvalue weighted by molar-refractivity contribution is 7.09. The minimum Gasteiger partial charge on any atom is -0.332 e. The molecule has 3 rings (SSSR count). The van der Waals surface area contributed by atoms with E-state index in [-0.39, 0.29) is 24.2 Å². The highest BCUT2D eigenvalue weighted by atomic mass is 32.1. The van der Waals surface area contributed by atoms with Gasteiger partial charge in [0.1, 0.15) is 6.54 Å². The van der Waals surface area contributed by atoms with Crippen molar-refractivity contribution in [2.75, 3.05) is 11.9 Å². The van der Waals surface area contributed by atoms with Gasteiger partial charge in [0.2, 0.25) is 5.91 Å².